The van der Waals surface area contributed by atoms with Gasteiger partial charge in [-0.05, 0) is 61.2 Å². The van der Waals surface area contributed by atoms with E-state index >= 15 is 0 Å². The molecule has 1 saturated heterocycles. The van der Waals surface area contributed by atoms with E-state index in [2.05, 4.69) is 5.32 Å². The molecule has 1 heterocycles. The summed E-state index contributed by atoms with van der Waals surface area (Å²) < 4.78 is 66.1. The number of carbonyl (C=O) groups is 1. The summed E-state index contributed by atoms with van der Waals surface area (Å²) in [5.74, 6) is -1.01. The Hall–Kier alpha value is -2.34. The SMILES string of the molecule is CCN(CC(=O)NCCc1ccc(S(=O)(=O)N2CCCC2)cc1)S(=O)(=O)c1ccc(F)cc1. The molecule has 33 heavy (non-hydrogen) atoms. The summed E-state index contributed by atoms with van der Waals surface area (Å²) in [4.78, 5) is 12.5. The highest BCUT2D eigenvalue weighted by molar-refractivity contribution is 7.89. The fraction of sp³-hybridized carbons (Fsp3) is 0.409. The summed E-state index contributed by atoms with van der Waals surface area (Å²) in [5, 5.41) is 2.69. The number of benzene rings is 2. The second-order valence-corrected chi connectivity index (χ2v) is 11.6. The first-order chi connectivity index (χ1) is 15.6. The first-order valence-corrected chi connectivity index (χ1v) is 13.6. The largest absolute Gasteiger partial charge is 0.355 e. The summed E-state index contributed by atoms with van der Waals surface area (Å²) in [7, 11) is -7.39. The van der Waals surface area contributed by atoms with Gasteiger partial charge < -0.3 is 5.32 Å². The molecule has 2 aromatic carbocycles. The van der Waals surface area contributed by atoms with Gasteiger partial charge in [0.15, 0.2) is 0 Å². The lowest BCUT2D eigenvalue weighted by molar-refractivity contribution is -0.121. The number of amides is 1. The molecule has 0 bridgehead atoms. The number of carbonyl (C=O) groups excluding carboxylic acids is 1. The standard InChI is InChI=1S/C22H28FN3O5S2/c1-2-25(32(28,29)21-11-7-19(23)8-12-21)17-22(27)24-14-13-18-5-9-20(10-6-18)33(30,31)26-15-3-4-16-26/h5-12H,2-4,13-17H2,1H3,(H,24,27). The molecule has 0 unspecified atom stereocenters. The van der Waals surface area contributed by atoms with E-state index < -0.39 is 31.8 Å². The maximum absolute atomic E-state index is 13.1. The minimum Gasteiger partial charge on any atom is -0.355 e. The highest BCUT2D eigenvalue weighted by atomic mass is 32.2. The molecule has 1 N–H and O–H groups in total. The monoisotopic (exact) mass is 497 g/mol. The summed E-state index contributed by atoms with van der Waals surface area (Å²) in [6.45, 7) is 2.70. The molecule has 0 aromatic heterocycles. The van der Waals surface area contributed by atoms with Crippen molar-refractivity contribution < 1.29 is 26.0 Å². The summed E-state index contributed by atoms with van der Waals surface area (Å²) in [6.07, 6.45) is 2.21. The number of nitrogens with zero attached hydrogens (tertiary/aromatic N) is 2. The fourth-order valence-electron chi connectivity index (χ4n) is 3.59. The third-order valence-corrected chi connectivity index (χ3v) is 9.33. The van der Waals surface area contributed by atoms with Crippen LogP contribution < -0.4 is 5.32 Å². The van der Waals surface area contributed by atoms with Gasteiger partial charge in [0, 0.05) is 26.2 Å². The van der Waals surface area contributed by atoms with Crippen LogP contribution in [0, 0.1) is 5.82 Å². The van der Waals surface area contributed by atoms with Crippen molar-refractivity contribution in [2.45, 2.75) is 36.0 Å². The zero-order valence-electron chi connectivity index (χ0n) is 18.4. The van der Waals surface area contributed by atoms with Crippen LogP contribution in [0.25, 0.3) is 0 Å². The van der Waals surface area contributed by atoms with Crippen molar-refractivity contribution in [1.82, 2.24) is 13.9 Å². The lowest BCUT2D eigenvalue weighted by atomic mass is 10.1. The van der Waals surface area contributed by atoms with Crippen molar-refractivity contribution in [3.8, 4) is 0 Å². The van der Waals surface area contributed by atoms with Crippen molar-refractivity contribution in [3.63, 3.8) is 0 Å². The van der Waals surface area contributed by atoms with Crippen LogP contribution in [0.15, 0.2) is 58.3 Å². The van der Waals surface area contributed by atoms with E-state index in [9.17, 15) is 26.0 Å². The Kier molecular flexibility index (Phi) is 8.22. The van der Waals surface area contributed by atoms with Gasteiger partial charge in [-0.2, -0.15) is 8.61 Å². The second-order valence-electron chi connectivity index (χ2n) is 7.74. The maximum Gasteiger partial charge on any atom is 0.243 e. The van der Waals surface area contributed by atoms with Crippen LogP contribution in [0.4, 0.5) is 4.39 Å². The number of hydrogen-bond donors (Lipinski definition) is 1. The van der Waals surface area contributed by atoms with Gasteiger partial charge in [-0.25, -0.2) is 21.2 Å². The Morgan fingerprint density at radius 2 is 1.55 bits per heavy atom. The molecule has 3 rings (SSSR count). The van der Waals surface area contributed by atoms with Gasteiger partial charge in [-0.1, -0.05) is 19.1 Å². The number of likely N-dealkylation sites (N-methyl/N-ethyl adjacent to an activating group) is 1. The van der Waals surface area contributed by atoms with Crippen molar-refractivity contribution >= 4 is 26.0 Å². The molecular weight excluding hydrogens is 469 g/mol. The Balaban J connectivity index is 1.52. The third-order valence-electron chi connectivity index (χ3n) is 5.49. The number of halogens is 1. The Morgan fingerprint density at radius 1 is 0.970 bits per heavy atom. The van der Waals surface area contributed by atoms with E-state index in [1.165, 1.54) is 16.4 Å². The zero-order valence-corrected chi connectivity index (χ0v) is 20.0. The van der Waals surface area contributed by atoms with Crippen molar-refractivity contribution in [2.24, 2.45) is 0 Å². The van der Waals surface area contributed by atoms with E-state index in [0.29, 0.717) is 19.5 Å². The van der Waals surface area contributed by atoms with Crippen LogP contribution in [-0.4, -0.2) is 64.1 Å². The van der Waals surface area contributed by atoms with Gasteiger partial charge >= 0.3 is 0 Å². The van der Waals surface area contributed by atoms with Crippen LogP contribution in [0.5, 0.6) is 0 Å². The van der Waals surface area contributed by atoms with E-state index in [4.69, 9.17) is 0 Å². The third kappa shape index (κ3) is 6.17. The minimum atomic E-state index is -3.92. The molecule has 2 aromatic rings. The molecule has 0 spiro atoms. The van der Waals surface area contributed by atoms with Crippen molar-refractivity contribution in [1.29, 1.82) is 0 Å². The van der Waals surface area contributed by atoms with Crippen LogP contribution in [0.3, 0.4) is 0 Å². The molecule has 1 aliphatic rings. The number of sulfonamides is 2. The molecular formula is C22H28FN3O5S2. The van der Waals surface area contributed by atoms with E-state index in [1.807, 2.05) is 0 Å². The van der Waals surface area contributed by atoms with Crippen molar-refractivity contribution in [3.05, 3.63) is 59.9 Å². The summed E-state index contributed by atoms with van der Waals surface area (Å²) in [5.41, 5.74) is 0.849. The predicted molar refractivity (Wildman–Crippen MR) is 122 cm³/mol. The molecule has 0 radical (unpaired) electrons. The molecule has 8 nitrogen and oxygen atoms in total. The average molecular weight is 498 g/mol. The molecule has 1 fully saturated rings. The molecule has 180 valence electrons. The van der Waals surface area contributed by atoms with Crippen LogP contribution in [-0.2, 0) is 31.3 Å². The van der Waals surface area contributed by atoms with Crippen LogP contribution >= 0.6 is 0 Å². The Labute approximate surface area is 194 Å². The number of hydrogen-bond acceptors (Lipinski definition) is 5. The Bertz CT molecular complexity index is 1160. The molecule has 1 amide bonds. The van der Waals surface area contributed by atoms with E-state index in [0.717, 1.165) is 34.8 Å². The predicted octanol–water partition coefficient (Wildman–Crippen LogP) is 1.98. The molecule has 0 saturated carbocycles. The smallest absolute Gasteiger partial charge is 0.243 e. The van der Waals surface area contributed by atoms with Gasteiger partial charge in [0.1, 0.15) is 5.82 Å². The first-order valence-electron chi connectivity index (χ1n) is 10.8. The zero-order chi connectivity index (χ0) is 24.1. The van der Waals surface area contributed by atoms with Gasteiger partial charge in [0.2, 0.25) is 26.0 Å². The minimum absolute atomic E-state index is 0.0810. The fourth-order valence-corrected chi connectivity index (χ4v) is 6.51. The summed E-state index contributed by atoms with van der Waals surface area (Å²) in [6, 6.07) is 11.0. The van der Waals surface area contributed by atoms with E-state index in [-0.39, 0.29) is 29.4 Å². The van der Waals surface area contributed by atoms with Crippen LogP contribution in [0.1, 0.15) is 25.3 Å². The lowest BCUT2D eigenvalue weighted by Gasteiger charge is -2.20. The quantitative estimate of drug-likeness (QED) is 0.541. The van der Waals surface area contributed by atoms with Crippen molar-refractivity contribution in [2.75, 3.05) is 32.7 Å². The van der Waals surface area contributed by atoms with Crippen LogP contribution in [0.2, 0.25) is 0 Å². The highest BCUT2D eigenvalue weighted by Gasteiger charge is 2.27. The molecule has 0 aliphatic carbocycles. The topological polar surface area (TPSA) is 104 Å². The molecule has 0 atom stereocenters. The second kappa shape index (κ2) is 10.7. The van der Waals surface area contributed by atoms with Gasteiger partial charge in [0.05, 0.1) is 16.3 Å². The molecule has 11 heteroatoms. The van der Waals surface area contributed by atoms with E-state index in [1.54, 1.807) is 31.2 Å². The van der Waals surface area contributed by atoms with Gasteiger partial charge in [0.25, 0.3) is 0 Å². The molecule has 1 aliphatic heterocycles. The normalized spacial score (nSPS) is 15.1. The first kappa shape index (κ1) is 25.3. The van der Waals surface area contributed by atoms with Gasteiger partial charge in [-0.15, -0.1) is 0 Å². The lowest BCUT2D eigenvalue weighted by Crippen LogP contribution is -2.41. The number of nitrogens with one attached hydrogen (secondary N) is 1. The summed E-state index contributed by atoms with van der Waals surface area (Å²) >= 11 is 0. The number of rotatable bonds is 10. The Morgan fingerprint density at radius 3 is 2.12 bits per heavy atom. The maximum atomic E-state index is 13.1. The average Bonchev–Trinajstić information content (AvgIpc) is 3.34. The van der Waals surface area contributed by atoms with Gasteiger partial charge in [-0.3, -0.25) is 4.79 Å². The highest BCUT2D eigenvalue weighted by Crippen LogP contribution is 2.21.